The quantitative estimate of drug-likeness (QED) is 0.503. The number of fused-ring (bicyclic) bond motifs is 2. The van der Waals surface area contributed by atoms with E-state index in [0.717, 1.165) is 53.5 Å². The van der Waals surface area contributed by atoms with Crippen LogP contribution in [0.5, 0.6) is 0 Å². The van der Waals surface area contributed by atoms with Crippen LogP contribution in [-0.2, 0) is 18.7 Å². The number of aryl methyl sites for hydroxylation is 1. The van der Waals surface area contributed by atoms with Gasteiger partial charge in [-0.25, -0.2) is 19.9 Å². The first kappa shape index (κ1) is 18.9. The molecule has 2 N–H and O–H groups in total. The van der Waals surface area contributed by atoms with Gasteiger partial charge in [0.15, 0.2) is 5.65 Å². The Morgan fingerprint density at radius 2 is 2.00 bits per heavy atom. The number of pyridine rings is 1. The number of anilines is 3. The van der Waals surface area contributed by atoms with Gasteiger partial charge in [0.2, 0.25) is 5.95 Å². The summed E-state index contributed by atoms with van der Waals surface area (Å²) in [4.78, 5) is 23.6. The second kappa shape index (κ2) is 7.95. The fourth-order valence-electron chi connectivity index (χ4n) is 3.88. The summed E-state index contributed by atoms with van der Waals surface area (Å²) in [6.07, 6.45) is 8.59. The van der Waals surface area contributed by atoms with Gasteiger partial charge >= 0.3 is 0 Å². The van der Waals surface area contributed by atoms with Crippen LogP contribution in [0.2, 0.25) is 0 Å². The van der Waals surface area contributed by atoms with Crippen LogP contribution in [0.25, 0.3) is 11.2 Å². The third-order valence-corrected chi connectivity index (χ3v) is 6.12. The number of nitrogens with one attached hydrogen (secondary N) is 2. The minimum absolute atomic E-state index is 0.632. The number of thioether (sulfide) groups is 1. The lowest BCUT2D eigenvalue weighted by atomic mass is 10.1. The minimum atomic E-state index is 0.632. The van der Waals surface area contributed by atoms with E-state index in [2.05, 4.69) is 67.6 Å². The Balaban J connectivity index is 1.37. The van der Waals surface area contributed by atoms with Crippen molar-refractivity contribution in [3.8, 4) is 0 Å². The number of hydrogen-bond donors (Lipinski definition) is 2. The number of H-pyrrole nitrogens is 1. The van der Waals surface area contributed by atoms with Gasteiger partial charge in [0.1, 0.15) is 0 Å². The van der Waals surface area contributed by atoms with Crippen molar-refractivity contribution in [1.29, 1.82) is 0 Å². The molecule has 3 aromatic heterocycles. The highest BCUT2D eigenvalue weighted by Crippen LogP contribution is 2.29. The van der Waals surface area contributed by atoms with Crippen LogP contribution in [0, 0.1) is 6.92 Å². The first-order chi connectivity index (χ1) is 14.7. The maximum atomic E-state index is 4.82. The molecule has 4 aromatic rings. The molecule has 30 heavy (non-hydrogen) atoms. The van der Waals surface area contributed by atoms with Crippen molar-refractivity contribution in [1.82, 2.24) is 24.9 Å². The highest BCUT2D eigenvalue weighted by molar-refractivity contribution is 7.97. The number of aromatic amines is 1. The van der Waals surface area contributed by atoms with Crippen molar-refractivity contribution in [2.24, 2.45) is 0 Å². The molecule has 152 valence electrons. The molecule has 8 heteroatoms. The SMILES string of the molecule is CSCc1ccc(Nc2ncc3c(n2)CN(c2cnc4nc[nH]c4c2C)CC3)cc1. The van der Waals surface area contributed by atoms with Crippen molar-refractivity contribution in [2.45, 2.75) is 25.6 Å². The standard InChI is InChI=1S/C22H23N7S/c1-14-19(10-23-21-20(14)25-13-26-21)29-8-7-16-9-24-22(28-18(16)11-29)27-17-5-3-15(4-6-17)12-30-2/h3-6,9-10,13H,7-8,11-12H2,1-2H3,(H,23,25,26)(H,24,27,28). The largest absolute Gasteiger partial charge is 0.364 e. The highest BCUT2D eigenvalue weighted by atomic mass is 32.2. The molecule has 0 fully saturated rings. The fourth-order valence-corrected chi connectivity index (χ4v) is 4.40. The Hall–Kier alpha value is -3.13. The summed E-state index contributed by atoms with van der Waals surface area (Å²) in [7, 11) is 0. The molecule has 0 saturated carbocycles. The van der Waals surface area contributed by atoms with E-state index in [1.807, 2.05) is 24.2 Å². The molecule has 1 aromatic carbocycles. The second-order valence-corrected chi connectivity index (χ2v) is 8.33. The van der Waals surface area contributed by atoms with Crippen LogP contribution < -0.4 is 10.2 Å². The van der Waals surface area contributed by atoms with Crippen LogP contribution in [-0.4, -0.2) is 37.7 Å². The fraction of sp³-hybridized carbons (Fsp3) is 0.273. The van der Waals surface area contributed by atoms with Crippen molar-refractivity contribution < 1.29 is 0 Å². The zero-order chi connectivity index (χ0) is 20.5. The number of aromatic nitrogens is 5. The maximum absolute atomic E-state index is 4.82. The van der Waals surface area contributed by atoms with Gasteiger partial charge in [-0.3, -0.25) is 0 Å². The average molecular weight is 418 g/mol. The molecule has 0 amide bonds. The molecule has 1 aliphatic heterocycles. The van der Waals surface area contributed by atoms with Crippen LogP contribution in [0.1, 0.15) is 22.4 Å². The van der Waals surface area contributed by atoms with Crippen molar-refractivity contribution >= 4 is 40.2 Å². The van der Waals surface area contributed by atoms with Crippen LogP contribution in [0.4, 0.5) is 17.3 Å². The van der Waals surface area contributed by atoms with Gasteiger partial charge in [-0.05, 0) is 42.9 Å². The molecule has 0 radical (unpaired) electrons. The van der Waals surface area contributed by atoms with Crippen LogP contribution in [0.15, 0.2) is 43.0 Å². The van der Waals surface area contributed by atoms with E-state index in [9.17, 15) is 0 Å². The predicted molar refractivity (Wildman–Crippen MR) is 122 cm³/mol. The van der Waals surface area contributed by atoms with E-state index < -0.39 is 0 Å². The summed E-state index contributed by atoms with van der Waals surface area (Å²) in [5.74, 6) is 1.65. The summed E-state index contributed by atoms with van der Waals surface area (Å²) in [5.41, 5.74) is 8.61. The summed E-state index contributed by atoms with van der Waals surface area (Å²) in [6, 6.07) is 8.44. The molecular formula is C22H23N7S. The van der Waals surface area contributed by atoms with Gasteiger partial charge in [0.05, 0.1) is 36.0 Å². The summed E-state index contributed by atoms with van der Waals surface area (Å²) < 4.78 is 0. The average Bonchev–Trinajstić information content (AvgIpc) is 3.25. The molecule has 1 aliphatic rings. The minimum Gasteiger partial charge on any atom is -0.364 e. The number of nitrogens with zero attached hydrogens (tertiary/aromatic N) is 5. The number of benzene rings is 1. The smallest absolute Gasteiger partial charge is 0.227 e. The highest BCUT2D eigenvalue weighted by Gasteiger charge is 2.21. The van der Waals surface area contributed by atoms with Gasteiger partial charge in [-0.15, -0.1) is 0 Å². The van der Waals surface area contributed by atoms with Crippen LogP contribution >= 0.6 is 11.8 Å². The summed E-state index contributed by atoms with van der Waals surface area (Å²) in [6.45, 7) is 3.77. The molecular weight excluding hydrogens is 394 g/mol. The van der Waals surface area contributed by atoms with Gasteiger partial charge in [0.25, 0.3) is 0 Å². The summed E-state index contributed by atoms with van der Waals surface area (Å²) >= 11 is 1.82. The molecule has 0 unspecified atom stereocenters. The van der Waals surface area contributed by atoms with E-state index in [1.54, 1.807) is 6.33 Å². The normalized spacial score (nSPS) is 13.5. The molecule has 4 heterocycles. The first-order valence-electron chi connectivity index (χ1n) is 9.94. The third kappa shape index (κ3) is 3.59. The van der Waals surface area contributed by atoms with Crippen molar-refractivity contribution in [3.63, 3.8) is 0 Å². The van der Waals surface area contributed by atoms with E-state index >= 15 is 0 Å². The van der Waals surface area contributed by atoms with E-state index in [0.29, 0.717) is 5.95 Å². The van der Waals surface area contributed by atoms with Crippen LogP contribution in [0.3, 0.4) is 0 Å². The molecule has 0 spiro atoms. The van der Waals surface area contributed by atoms with Gasteiger partial charge in [0, 0.05) is 29.7 Å². The Morgan fingerprint density at radius 1 is 1.13 bits per heavy atom. The summed E-state index contributed by atoms with van der Waals surface area (Å²) in [5, 5.41) is 3.34. The zero-order valence-electron chi connectivity index (χ0n) is 17.0. The Kier molecular flexibility index (Phi) is 5.00. The lowest BCUT2D eigenvalue weighted by molar-refractivity contribution is 0.702. The Labute approximate surface area is 179 Å². The maximum Gasteiger partial charge on any atom is 0.227 e. The predicted octanol–water partition coefficient (Wildman–Crippen LogP) is 4.23. The third-order valence-electron chi connectivity index (χ3n) is 5.50. The molecule has 7 nitrogen and oxygen atoms in total. The van der Waals surface area contributed by atoms with Gasteiger partial charge in [-0.2, -0.15) is 11.8 Å². The lowest BCUT2D eigenvalue weighted by Crippen LogP contribution is -2.32. The lowest BCUT2D eigenvalue weighted by Gasteiger charge is -2.30. The van der Waals surface area contributed by atoms with E-state index in [-0.39, 0.29) is 0 Å². The topological polar surface area (TPSA) is 82.6 Å². The molecule has 0 saturated heterocycles. The van der Waals surface area contributed by atoms with E-state index in [1.165, 1.54) is 16.7 Å². The number of hydrogen-bond acceptors (Lipinski definition) is 7. The monoisotopic (exact) mass is 417 g/mol. The van der Waals surface area contributed by atoms with Crippen molar-refractivity contribution in [2.75, 3.05) is 23.0 Å². The Bertz CT molecular complexity index is 1190. The number of rotatable bonds is 5. The van der Waals surface area contributed by atoms with Gasteiger partial charge in [-0.1, -0.05) is 12.1 Å². The Morgan fingerprint density at radius 3 is 2.83 bits per heavy atom. The molecule has 5 rings (SSSR count). The molecule has 0 aliphatic carbocycles. The van der Waals surface area contributed by atoms with Crippen molar-refractivity contribution in [3.05, 3.63) is 65.4 Å². The second-order valence-electron chi connectivity index (χ2n) is 7.46. The zero-order valence-corrected chi connectivity index (χ0v) is 17.8. The first-order valence-corrected chi connectivity index (χ1v) is 11.3. The molecule has 0 atom stereocenters. The molecule has 0 bridgehead atoms. The van der Waals surface area contributed by atoms with E-state index in [4.69, 9.17) is 4.98 Å². The van der Waals surface area contributed by atoms with Gasteiger partial charge < -0.3 is 15.2 Å². The number of imidazole rings is 1.